The summed E-state index contributed by atoms with van der Waals surface area (Å²) < 4.78 is 0. The van der Waals surface area contributed by atoms with Gasteiger partial charge in [-0.2, -0.15) is 0 Å². The van der Waals surface area contributed by atoms with E-state index in [1.807, 2.05) is 6.92 Å². The van der Waals surface area contributed by atoms with E-state index in [-0.39, 0.29) is 11.8 Å². The number of amides is 2. The van der Waals surface area contributed by atoms with Crippen LogP contribution < -0.4 is 11.1 Å². The number of hydrogen-bond acceptors (Lipinski definition) is 2. The van der Waals surface area contributed by atoms with Crippen molar-refractivity contribution in [3.05, 3.63) is 24.3 Å². The molecule has 0 aromatic heterocycles. The molecule has 0 radical (unpaired) electrons. The lowest BCUT2D eigenvalue weighted by molar-refractivity contribution is -0.132. The zero-order chi connectivity index (χ0) is 33.8. The van der Waals surface area contributed by atoms with Crippen molar-refractivity contribution in [1.82, 2.24) is 5.32 Å². The minimum absolute atomic E-state index is 0.0165. The number of carbonyl (C=O) groups is 2. The number of allylic oxidation sites excluding steroid dienone is 4. The van der Waals surface area contributed by atoms with Crippen LogP contribution in [-0.2, 0) is 9.59 Å². The predicted molar refractivity (Wildman–Crippen MR) is 203 cm³/mol. The fourth-order valence-electron chi connectivity index (χ4n) is 6.40. The van der Waals surface area contributed by atoms with Gasteiger partial charge in [0.15, 0.2) is 0 Å². The van der Waals surface area contributed by atoms with Crippen molar-refractivity contribution in [3.8, 4) is 0 Å². The molecule has 2 amide bonds. The Kier molecular flexibility index (Phi) is 33.6. The van der Waals surface area contributed by atoms with E-state index in [0.717, 1.165) is 38.5 Å². The maximum Gasteiger partial charge on any atom is 0.243 e. The lowest BCUT2D eigenvalue weighted by atomic mass is 9.88. The van der Waals surface area contributed by atoms with Crippen LogP contribution in [0.2, 0.25) is 0 Å². The van der Waals surface area contributed by atoms with E-state index in [1.54, 1.807) is 0 Å². The first kappa shape index (κ1) is 44.4. The summed E-state index contributed by atoms with van der Waals surface area (Å²) in [6.45, 7) is 6.51. The van der Waals surface area contributed by atoms with Crippen molar-refractivity contribution in [2.75, 3.05) is 0 Å². The van der Waals surface area contributed by atoms with Crippen LogP contribution in [0.5, 0.6) is 0 Å². The topological polar surface area (TPSA) is 72.2 Å². The molecule has 0 fully saturated rings. The maximum atomic E-state index is 12.7. The average Bonchev–Trinajstić information content (AvgIpc) is 3.05. The molecule has 0 aromatic carbocycles. The first-order valence-electron chi connectivity index (χ1n) is 20.4. The van der Waals surface area contributed by atoms with Gasteiger partial charge in [-0.25, -0.2) is 0 Å². The van der Waals surface area contributed by atoms with Gasteiger partial charge in [0, 0.05) is 6.42 Å². The van der Waals surface area contributed by atoms with Crippen LogP contribution >= 0.6 is 0 Å². The van der Waals surface area contributed by atoms with Crippen LogP contribution in [0.3, 0.4) is 0 Å². The fraction of sp³-hybridized carbons (Fsp3) is 0.857. The van der Waals surface area contributed by atoms with Gasteiger partial charge in [0.2, 0.25) is 11.8 Å². The van der Waals surface area contributed by atoms with Gasteiger partial charge in [-0.05, 0) is 70.6 Å². The summed E-state index contributed by atoms with van der Waals surface area (Å²) >= 11 is 0. The van der Waals surface area contributed by atoms with Gasteiger partial charge >= 0.3 is 0 Å². The third-order valence-electron chi connectivity index (χ3n) is 9.73. The molecule has 4 heteroatoms. The van der Waals surface area contributed by atoms with Gasteiger partial charge in [0.05, 0.1) is 0 Å². The van der Waals surface area contributed by atoms with Gasteiger partial charge < -0.3 is 11.1 Å². The smallest absolute Gasteiger partial charge is 0.243 e. The molecular weight excluding hydrogens is 564 g/mol. The Morgan fingerprint density at radius 2 is 0.804 bits per heavy atom. The Labute approximate surface area is 288 Å². The van der Waals surface area contributed by atoms with Crippen LogP contribution in [0.15, 0.2) is 24.3 Å². The third-order valence-corrected chi connectivity index (χ3v) is 9.73. The molecule has 0 aromatic rings. The van der Waals surface area contributed by atoms with E-state index >= 15 is 0 Å². The van der Waals surface area contributed by atoms with E-state index in [1.165, 1.54) is 148 Å². The highest BCUT2D eigenvalue weighted by molar-refractivity contribution is 5.90. The molecule has 0 bridgehead atoms. The second kappa shape index (κ2) is 34.7. The van der Waals surface area contributed by atoms with E-state index in [4.69, 9.17) is 5.73 Å². The molecule has 3 N–H and O–H groups in total. The molecule has 4 nitrogen and oxygen atoms in total. The molecule has 0 saturated carbocycles. The lowest BCUT2D eigenvalue weighted by Crippen LogP contribution is -2.57. The molecule has 0 aliphatic carbocycles. The van der Waals surface area contributed by atoms with Crippen molar-refractivity contribution >= 4 is 11.8 Å². The summed E-state index contributed by atoms with van der Waals surface area (Å²) in [4.78, 5) is 25.1. The van der Waals surface area contributed by atoms with Crippen molar-refractivity contribution in [2.45, 2.75) is 232 Å². The molecular formula is C42H80N2O2. The van der Waals surface area contributed by atoms with Crippen LogP contribution in [0.25, 0.3) is 0 Å². The molecule has 0 heterocycles. The summed E-state index contributed by atoms with van der Waals surface area (Å²) in [5.41, 5.74) is 4.93. The van der Waals surface area contributed by atoms with Gasteiger partial charge in [0.1, 0.15) is 5.54 Å². The quantitative estimate of drug-likeness (QED) is 0.0526. The Bertz CT molecular complexity index is 731. The zero-order valence-corrected chi connectivity index (χ0v) is 31.3. The second-order valence-electron chi connectivity index (χ2n) is 14.1. The number of rotatable bonds is 36. The standard InChI is InChI=1S/C42H80N2O2/c1-4-7-9-11-13-15-17-19-21-22-23-24-25-26-28-30-32-34-36-38-40(45)44-42(6-3,41(43)46)39-37-35-33-31-29-27-20-18-16-14-12-10-8-5-2/h19-21,27H,4-18,22-26,28-39H2,1-3H3,(H2,43,46)(H,44,45). The zero-order valence-electron chi connectivity index (χ0n) is 31.3. The van der Waals surface area contributed by atoms with Gasteiger partial charge in [-0.3, -0.25) is 9.59 Å². The number of nitrogens with two attached hydrogens (primary N) is 1. The Morgan fingerprint density at radius 3 is 1.15 bits per heavy atom. The second-order valence-corrected chi connectivity index (χ2v) is 14.1. The highest BCUT2D eigenvalue weighted by Crippen LogP contribution is 2.21. The first-order valence-corrected chi connectivity index (χ1v) is 20.4. The first-order chi connectivity index (χ1) is 22.5. The van der Waals surface area contributed by atoms with Gasteiger partial charge in [-0.1, -0.05) is 173 Å². The van der Waals surface area contributed by atoms with Gasteiger partial charge in [0.25, 0.3) is 0 Å². The Morgan fingerprint density at radius 1 is 0.478 bits per heavy atom. The largest absolute Gasteiger partial charge is 0.368 e. The van der Waals surface area contributed by atoms with Crippen LogP contribution in [0.4, 0.5) is 0 Å². The SMILES string of the molecule is CCCCCCCCC=CCCCCCCCCCCCC(=O)NC(CC)(CCCCCCC=CCCCCCCCC)C(N)=O. The minimum atomic E-state index is -0.891. The number of nitrogens with one attached hydrogen (secondary N) is 1. The van der Waals surface area contributed by atoms with Crippen molar-refractivity contribution in [3.63, 3.8) is 0 Å². The van der Waals surface area contributed by atoms with Crippen LogP contribution in [-0.4, -0.2) is 17.4 Å². The molecule has 0 saturated heterocycles. The average molecular weight is 645 g/mol. The Hall–Kier alpha value is -1.58. The van der Waals surface area contributed by atoms with Crippen molar-refractivity contribution in [1.29, 1.82) is 0 Å². The highest BCUT2D eigenvalue weighted by atomic mass is 16.2. The fourth-order valence-corrected chi connectivity index (χ4v) is 6.40. The number of unbranched alkanes of at least 4 members (excludes halogenated alkanes) is 25. The van der Waals surface area contributed by atoms with E-state index in [0.29, 0.717) is 19.3 Å². The summed E-state index contributed by atoms with van der Waals surface area (Å²) in [6, 6.07) is 0. The third kappa shape index (κ3) is 28.6. The van der Waals surface area contributed by atoms with Crippen LogP contribution in [0, 0.1) is 0 Å². The van der Waals surface area contributed by atoms with Gasteiger partial charge in [-0.15, -0.1) is 0 Å². The van der Waals surface area contributed by atoms with Crippen LogP contribution in [0.1, 0.15) is 226 Å². The monoisotopic (exact) mass is 645 g/mol. The molecule has 0 rings (SSSR count). The molecule has 1 atom stereocenters. The summed E-state index contributed by atoms with van der Waals surface area (Å²) in [6.07, 6.45) is 47.9. The molecule has 1 unspecified atom stereocenters. The minimum Gasteiger partial charge on any atom is -0.368 e. The number of primary amides is 1. The number of hydrogen-bond donors (Lipinski definition) is 2. The molecule has 270 valence electrons. The highest BCUT2D eigenvalue weighted by Gasteiger charge is 2.35. The van der Waals surface area contributed by atoms with Crippen molar-refractivity contribution < 1.29 is 9.59 Å². The summed E-state index contributed by atoms with van der Waals surface area (Å²) in [7, 11) is 0. The normalized spacial score (nSPS) is 13.1. The summed E-state index contributed by atoms with van der Waals surface area (Å²) in [5.74, 6) is -0.401. The van der Waals surface area contributed by atoms with Crippen molar-refractivity contribution in [2.24, 2.45) is 5.73 Å². The molecule has 0 aliphatic rings. The maximum absolute atomic E-state index is 12.7. The summed E-state index contributed by atoms with van der Waals surface area (Å²) in [5, 5.41) is 3.06. The predicted octanol–water partition coefficient (Wildman–Crippen LogP) is 13.0. The number of carbonyl (C=O) groups excluding carboxylic acids is 2. The van der Waals surface area contributed by atoms with E-state index < -0.39 is 5.54 Å². The van der Waals surface area contributed by atoms with E-state index in [2.05, 4.69) is 43.5 Å². The Balaban J connectivity index is 3.80. The lowest BCUT2D eigenvalue weighted by Gasteiger charge is -2.31. The molecule has 0 spiro atoms. The molecule has 0 aliphatic heterocycles. The van der Waals surface area contributed by atoms with E-state index in [9.17, 15) is 9.59 Å². The molecule has 46 heavy (non-hydrogen) atoms.